The van der Waals surface area contributed by atoms with Gasteiger partial charge in [0, 0.05) is 31.2 Å². The summed E-state index contributed by atoms with van der Waals surface area (Å²) < 4.78 is 28.9. The van der Waals surface area contributed by atoms with Gasteiger partial charge in [0.1, 0.15) is 5.75 Å². The molecular weight excluding hydrogens is 350 g/mol. The molecule has 2 fully saturated rings. The van der Waals surface area contributed by atoms with Crippen LogP contribution in [0.3, 0.4) is 0 Å². The molecule has 1 amide bonds. The van der Waals surface area contributed by atoms with Gasteiger partial charge in [0.2, 0.25) is 0 Å². The fourth-order valence-corrected chi connectivity index (χ4v) is 4.02. The molecule has 27 heavy (non-hydrogen) atoms. The number of hydrogen-bond acceptors (Lipinski definition) is 3. The molecule has 2 aliphatic rings. The molecule has 2 aromatic carbocycles. The van der Waals surface area contributed by atoms with Crippen molar-refractivity contribution in [1.82, 2.24) is 9.80 Å². The number of carbonyl (C=O) groups excluding carboxylic acids is 1. The number of piperazine rings is 1. The van der Waals surface area contributed by atoms with Crippen LogP contribution in [0.2, 0.25) is 0 Å². The van der Waals surface area contributed by atoms with E-state index >= 15 is 0 Å². The van der Waals surface area contributed by atoms with Gasteiger partial charge in [-0.15, -0.1) is 0 Å². The van der Waals surface area contributed by atoms with E-state index in [1.54, 1.807) is 12.1 Å². The number of nitrogens with zero attached hydrogens (tertiary/aromatic N) is 2. The molecule has 2 aromatic rings. The molecular formula is C21H22F2N2O2. The summed E-state index contributed by atoms with van der Waals surface area (Å²) in [5.41, 5.74) is 2.39. The molecule has 4 nitrogen and oxygen atoms in total. The van der Waals surface area contributed by atoms with E-state index in [0.29, 0.717) is 11.6 Å². The van der Waals surface area contributed by atoms with Gasteiger partial charge in [0.15, 0.2) is 0 Å². The third-order valence-electron chi connectivity index (χ3n) is 5.40. The summed E-state index contributed by atoms with van der Waals surface area (Å²) in [6.07, 6.45) is 2.38. The topological polar surface area (TPSA) is 32.8 Å². The van der Waals surface area contributed by atoms with Gasteiger partial charge in [0.05, 0.1) is 0 Å². The van der Waals surface area contributed by atoms with E-state index in [1.165, 1.54) is 18.6 Å². The third-order valence-corrected chi connectivity index (χ3v) is 5.40. The summed E-state index contributed by atoms with van der Waals surface area (Å²) in [7, 11) is 0. The lowest BCUT2D eigenvalue weighted by atomic mass is 10.0. The first-order chi connectivity index (χ1) is 13.1. The number of rotatable bonds is 4. The van der Waals surface area contributed by atoms with E-state index in [0.717, 1.165) is 43.7 Å². The van der Waals surface area contributed by atoms with Crippen LogP contribution in [-0.4, -0.2) is 54.5 Å². The van der Waals surface area contributed by atoms with E-state index in [-0.39, 0.29) is 11.7 Å². The Labute approximate surface area is 157 Å². The largest absolute Gasteiger partial charge is 0.435 e. The van der Waals surface area contributed by atoms with Crippen LogP contribution in [0.15, 0.2) is 48.5 Å². The molecule has 0 bridgehead atoms. The number of ether oxygens (including phenoxy) is 1. The van der Waals surface area contributed by atoms with Gasteiger partial charge < -0.3 is 9.64 Å². The van der Waals surface area contributed by atoms with Gasteiger partial charge in [-0.25, -0.2) is 0 Å². The van der Waals surface area contributed by atoms with Crippen molar-refractivity contribution in [3.63, 3.8) is 0 Å². The zero-order valence-corrected chi connectivity index (χ0v) is 15.0. The summed E-state index contributed by atoms with van der Waals surface area (Å²) in [5, 5.41) is 0. The predicted molar refractivity (Wildman–Crippen MR) is 99.0 cm³/mol. The second-order valence-electron chi connectivity index (χ2n) is 7.07. The Balaban J connectivity index is 1.49. The van der Waals surface area contributed by atoms with E-state index in [2.05, 4.69) is 9.64 Å². The van der Waals surface area contributed by atoms with Crippen molar-refractivity contribution in [2.75, 3.05) is 26.2 Å². The Morgan fingerprint density at radius 3 is 2.63 bits per heavy atom. The second-order valence-corrected chi connectivity index (χ2v) is 7.07. The van der Waals surface area contributed by atoms with Crippen LogP contribution in [0.5, 0.6) is 5.75 Å². The third kappa shape index (κ3) is 3.95. The fourth-order valence-electron chi connectivity index (χ4n) is 4.02. The van der Waals surface area contributed by atoms with Crippen molar-refractivity contribution < 1.29 is 18.3 Å². The summed E-state index contributed by atoms with van der Waals surface area (Å²) in [6, 6.07) is 14.4. The average Bonchev–Trinajstić information content (AvgIpc) is 3.15. The molecule has 2 aliphatic heterocycles. The Bertz CT molecular complexity index is 810. The fraction of sp³-hybridized carbons (Fsp3) is 0.381. The number of halogens is 2. The second kappa shape index (κ2) is 7.64. The van der Waals surface area contributed by atoms with E-state index in [9.17, 15) is 13.6 Å². The number of fused-ring (bicyclic) bond motifs is 1. The minimum absolute atomic E-state index is 0.0565. The number of benzene rings is 2. The smallest absolute Gasteiger partial charge is 0.387 e. The normalized spacial score (nSPS) is 20.0. The van der Waals surface area contributed by atoms with Gasteiger partial charge in [-0.2, -0.15) is 8.78 Å². The first-order valence-corrected chi connectivity index (χ1v) is 9.29. The summed E-state index contributed by atoms with van der Waals surface area (Å²) >= 11 is 0. The molecule has 1 atom stereocenters. The lowest BCUT2D eigenvalue weighted by Gasteiger charge is -2.37. The summed E-state index contributed by atoms with van der Waals surface area (Å²) in [6.45, 7) is 0.814. The van der Waals surface area contributed by atoms with Crippen LogP contribution in [0.4, 0.5) is 8.78 Å². The van der Waals surface area contributed by atoms with Crippen molar-refractivity contribution >= 4 is 5.91 Å². The minimum Gasteiger partial charge on any atom is -0.435 e. The highest BCUT2D eigenvalue weighted by Crippen LogP contribution is 2.26. The molecule has 142 valence electrons. The lowest BCUT2D eigenvalue weighted by Crippen LogP contribution is -2.52. The average molecular weight is 372 g/mol. The molecule has 4 rings (SSSR count). The highest BCUT2D eigenvalue weighted by molar-refractivity contribution is 5.95. The Hall–Kier alpha value is -2.47. The van der Waals surface area contributed by atoms with Crippen LogP contribution >= 0.6 is 0 Å². The maximum Gasteiger partial charge on any atom is 0.387 e. The Morgan fingerprint density at radius 1 is 1.04 bits per heavy atom. The molecule has 0 aromatic heterocycles. The van der Waals surface area contributed by atoms with Crippen molar-refractivity contribution in [2.45, 2.75) is 25.5 Å². The number of hydrogen-bond donors (Lipinski definition) is 0. The summed E-state index contributed by atoms with van der Waals surface area (Å²) in [4.78, 5) is 17.4. The highest BCUT2D eigenvalue weighted by atomic mass is 19.3. The van der Waals surface area contributed by atoms with E-state index in [1.807, 2.05) is 29.2 Å². The van der Waals surface area contributed by atoms with Crippen LogP contribution in [0.25, 0.3) is 11.1 Å². The van der Waals surface area contributed by atoms with Gasteiger partial charge in [-0.3, -0.25) is 9.69 Å². The van der Waals surface area contributed by atoms with Gasteiger partial charge >= 0.3 is 6.61 Å². The molecule has 0 aliphatic carbocycles. The van der Waals surface area contributed by atoms with Crippen molar-refractivity contribution in [2.24, 2.45) is 0 Å². The number of carbonyl (C=O) groups is 1. The molecule has 6 heteroatoms. The molecule has 0 radical (unpaired) electrons. The first kappa shape index (κ1) is 17.9. The monoisotopic (exact) mass is 372 g/mol. The molecule has 2 heterocycles. The zero-order chi connectivity index (χ0) is 18.8. The standard InChI is InChI=1S/C21H22F2N2O2/c22-21(23)27-19-8-6-15(7-9-19)16-3-1-4-17(13-16)20(26)25-12-11-24-10-2-5-18(24)14-25/h1,3-4,6-9,13,18,21H,2,5,10-12,14H2/t18-/m1/s1. The Morgan fingerprint density at radius 2 is 1.85 bits per heavy atom. The van der Waals surface area contributed by atoms with Crippen molar-refractivity contribution in [3.05, 3.63) is 54.1 Å². The van der Waals surface area contributed by atoms with E-state index < -0.39 is 6.61 Å². The van der Waals surface area contributed by atoms with Crippen molar-refractivity contribution in [3.8, 4) is 16.9 Å². The predicted octanol–water partition coefficient (Wildman–Crippen LogP) is 3.88. The minimum atomic E-state index is -2.84. The molecule has 0 spiro atoms. The van der Waals surface area contributed by atoms with Gasteiger partial charge in [-0.1, -0.05) is 24.3 Å². The van der Waals surface area contributed by atoms with Crippen LogP contribution < -0.4 is 4.74 Å². The molecule has 0 N–H and O–H groups in total. The maximum atomic E-state index is 13.0. The van der Waals surface area contributed by atoms with E-state index in [4.69, 9.17) is 0 Å². The van der Waals surface area contributed by atoms with Crippen LogP contribution in [-0.2, 0) is 0 Å². The molecule has 0 unspecified atom stereocenters. The molecule has 2 saturated heterocycles. The van der Waals surface area contributed by atoms with Crippen LogP contribution in [0.1, 0.15) is 23.2 Å². The summed E-state index contributed by atoms with van der Waals surface area (Å²) in [5.74, 6) is 0.177. The Kier molecular flexibility index (Phi) is 5.07. The quantitative estimate of drug-likeness (QED) is 0.817. The van der Waals surface area contributed by atoms with Crippen LogP contribution in [0, 0.1) is 0 Å². The number of alkyl halides is 2. The maximum absolute atomic E-state index is 13.0. The van der Waals surface area contributed by atoms with Gasteiger partial charge in [0.25, 0.3) is 5.91 Å². The zero-order valence-electron chi connectivity index (χ0n) is 15.0. The lowest BCUT2D eigenvalue weighted by molar-refractivity contribution is -0.0498. The number of amides is 1. The SMILES string of the molecule is O=C(c1cccc(-c2ccc(OC(F)F)cc2)c1)N1CCN2CCC[C@@H]2C1. The first-order valence-electron chi connectivity index (χ1n) is 9.29. The molecule has 0 saturated carbocycles. The van der Waals surface area contributed by atoms with Gasteiger partial charge in [-0.05, 0) is 54.8 Å². The van der Waals surface area contributed by atoms with Crippen molar-refractivity contribution in [1.29, 1.82) is 0 Å². The highest BCUT2D eigenvalue weighted by Gasteiger charge is 2.32.